The number of aryl methyl sites for hydroxylation is 2. The van der Waals surface area contributed by atoms with Gasteiger partial charge in [-0.3, -0.25) is 9.59 Å². The lowest BCUT2D eigenvalue weighted by molar-refractivity contribution is 0.0995. The van der Waals surface area contributed by atoms with Crippen LogP contribution in [0.3, 0.4) is 0 Å². The molecule has 2 aromatic heterocycles. The summed E-state index contributed by atoms with van der Waals surface area (Å²) in [5, 5.41) is 5.24. The maximum atomic E-state index is 13.2. The summed E-state index contributed by atoms with van der Waals surface area (Å²) < 4.78 is 1.68. The Kier molecular flexibility index (Phi) is 6.32. The minimum atomic E-state index is -0.259. The standard InChI is InChI=1S/C27H20Cl2N2O2S2/c1-14-4-8-16(9-5-14)30-26(32)24-22(28)18-12-21-19(13-20(18)34-24)23(29)25(35-21)27(33)31(3)17-10-6-15(2)7-11-17/h4-13H,1-3H3,(H,30,32). The normalized spacial score (nSPS) is 11.2. The van der Waals surface area contributed by atoms with Crippen LogP contribution >= 0.6 is 45.9 Å². The molecular formula is C27H20Cl2N2O2S2. The fraction of sp³-hybridized carbons (Fsp3) is 0.111. The van der Waals surface area contributed by atoms with Gasteiger partial charge >= 0.3 is 0 Å². The van der Waals surface area contributed by atoms with E-state index in [9.17, 15) is 9.59 Å². The van der Waals surface area contributed by atoms with Crippen LogP contribution in [0.25, 0.3) is 20.2 Å². The molecule has 4 nitrogen and oxygen atoms in total. The van der Waals surface area contributed by atoms with Crippen LogP contribution in [-0.4, -0.2) is 18.9 Å². The van der Waals surface area contributed by atoms with Crippen LogP contribution in [-0.2, 0) is 0 Å². The minimum absolute atomic E-state index is 0.173. The van der Waals surface area contributed by atoms with Gasteiger partial charge in [-0.15, -0.1) is 22.7 Å². The van der Waals surface area contributed by atoms with Gasteiger partial charge in [0.15, 0.2) is 0 Å². The zero-order chi connectivity index (χ0) is 24.9. The van der Waals surface area contributed by atoms with E-state index in [-0.39, 0.29) is 11.8 Å². The Labute approximate surface area is 220 Å². The third kappa shape index (κ3) is 4.43. The van der Waals surface area contributed by atoms with E-state index in [0.717, 1.165) is 37.0 Å². The number of carbonyl (C=O) groups excluding carboxylic acids is 2. The number of benzene rings is 3. The number of nitrogens with zero attached hydrogens (tertiary/aromatic N) is 1. The van der Waals surface area contributed by atoms with Gasteiger partial charge in [0, 0.05) is 38.6 Å². The van der Waals surface area contributed by atoms with Crippen molar-refractivity contribution < 1.29 is 9.59 Å². The van der Waals surface area contributed by atoms with Gasteiger partial charge in [0.05, 0.1) is 10.0 Å². The number of hydrogen-bond donors (Lipinski definition) is 1. The Morgan fingerprint density at radius 3 is 1.83 bits per heavy atom. The lowest BCUT2D eigenvalue weighted by Crippen LogP contribution is -2.25. The smallest absolute Gasteiger partial charge is 0.269 e. The molecule has 5 aromatic rings. The first-order valence-electron chi connectivity index (χ1n) is 10.8. The van der Waals surface area contributed by atoms with Crippen molar-refractivity contribution in [1.29, 1.82) is 0 Å². The van der Waals surface area contributed by atoms with Gasteiger partial charge in [0.25, 0.3) is 11.8 Å². The van der Waals surface area contributed by atoms with Crippen LogP contribution in [0.4, 0.5) is 11.4 Å². The van der Waals surface area contributed by atoms with E-state index in [1.54, 1.807) is 11.9 Å². The largest absolute Gasteiger partial charge is 0.321 e. The van der Waals surface area contributed by atoms with Crippen molar-refractivity contribution in [3.05, 3.63) is 91.6 Å². The van der Waals surface area contributed by atoms with Crippen molar-refractivity contribution >= 4 is 89.2 Å². The second kappa shape index (κ2) is 9.28. The number of fused-ring (bicyclic) bond motifs is 2. The molecule has 0 saturated carbocycles. The molecule has 0 bridgehead atoms. The highest BCUT2D eigenvalue weighted by Gasteiger charge is 2.24. The number of nitrogens with one attached hydrogen (secondary N) is 1. The van der Waals surface area contributed by atoms with Crippen LogP contribution in [0.15, 0.2) is 60.7 Å². The second-order valence-corrected chi connectivity index (χ2v) is 11.2. The SMILES string of the molecule is Cc1ccc(NC(=O)c2sc3cc4c(Cl)c(C(=O)N(C)c5ccc(C)cc5)sc4cc3c2Cl)cc1. The molecule has 176 valence electrons. The highest BCUT2D eigenvalue weighted by Crippen LogP contribution is 2.43. The summed E-state index contributed by atoms with van der Waals surface area (Å²) in [4.78, 5) is 28.6. The topological polar surface area (TPSA) is 49.4 Å². The van der Waals surface area contributed by atoms with E-state index in [1.807, 2.05) is 74.5 Å². The first-order chi connectivity index (χ1) is 16.7. The second-order valence-electron chi connectivity index (χ2n) is 8.35. The van der Waals surface area contributed by atoms with Crippen molar-refractivity contribution in [2.75, 3.05) is 17.3 Å². The molecule has 8 heteroatoms. The summed E-state index contributed by atoms with van der Waals surface area (Å²) in [5.74, 6) is -0.433. The van der Waals surface area contributed by atoms with E-state index in [2.05, 4.69) is 5.32 Å². The molecule has 0 unspecified atom stereocenters. The maximum absolute atomic E-state index is 13.2. The van der Waals surface area contributed by atoms with E-state index in [0.29, 0.717) is 25.5 Å². The highest BCUT2D eigenvalue weighted by atomic mass is 35.5. The molecule has 0 aliphatic heterocycles. The molecule has 0 aliphatic carbocycles. The van der Waals surface area contributed by atoms with Gasteiger partial charge < -0.3 is 10.2 Å². The predicted octanol–water partition coefficient (Wildman–Crippen LogP) is 8.57. The minimum Gasteiger partial charge on any atom is -0.321 e. The number of halogens is 2. The quantitative estimate of drug-likeness (QED) is 0.249. The first-order valence-corrected chi connectivity index (χ1v) is 13.2. The van der Waals surface area contributed by atoms with Gasteiger partial charge in [-0.1, -0.05) is 58.6 Å². The van der Waals surface area contributed by atoms with Crippen molar-refractivity contribution in [2.45, 2.75) is 13.8 Å². The number of hydrogen-bond acceptors (Lipinski definition) is 4. The average molecular weight is 540 g/mol. The molecule has 0 fully saturated rings. The van der Waals surface area contributed by atoms with Crippen LogP contribution in [0.5, 0.6) is 0 Å². The maximum Gasteiger partial charge on any atom is 0.269 e. The molecule has 0 saturated heterocycles. The fourth-order valence-corrected chi connectivity index (χ4v) is 6.70. The molecule has 2 heterocycles. The molecular weight excluding hydrogens is 519 g/mol. The van der Waals surface area contributed by atoms with Crippen LogP contribution in [0.1, 0.15) is 30.5 Å². The van der Waals surface area contributed by atoms with Crippen molar-refractivity contribution in [3.8, 4) is 0 Å². The lowest BCUT2D eigenvalue weighted by Gasteiger charge is -2.16. The Balaban J connectivity index is 1.49. The number of amides is 2. The Hall–Kier alpha value is -2.90. The zero-order valence-corrected chi connectivity index (χ0v) is 22.3. The zero-order valence-electron chi connectivity index (χ0n) is 19.1. The summed E-state index contributed by atoms with van der Waals surface area (Å²) in [6, 6.07) is 19.2. The third-order valence-electron chi connectivity index (χ3n) is 5.81. The number of anilines is 2. The molecule has 0 aliphatic rings. The first kappa shape index (κ1) is 23.8. The van der Waals surface area contributed by atoms with E-state index >= 15 is 0 Å². The average Bonchev–Trinajstić information content (AvgIpc) is 3.35. The van der Waals surface area contributed by atoms with Crippen molar-refractivity contribution in [3.63, 3.8) is 0 Å². The summed E-state index contributed by atoms with van der Waals surface area (Å²) in [6.45, 7) is 3.99. The summed E-state index contributed by atoms with van der Waals surface area (Å²) in [6.07, 6.45) is 0. The molecule has 0 atom stereocenters. The lowest BCUT2D eigenvalue weighted by atomic mass is 10.2. The van der Waals surface area contributed by atoms with E-state index in [1.165, 1.54) is 22.7 Å². The van der Waals surface area contributed by atoms with Crippen LogP contribution in [0.2, 0.25) is 10.0 Å². The predicted molar refractivity (Wildman–Crippen MR) is 150 cm³/mol. The number of rotatable bonds is 4. The fourth-order valence-electron chi connectivity index (χ4n) is 3.77. The van der Waals surface area contributed by atoms with Crippen molar-refractivity contribution in [2.24, 2.45) is 0 Å². The van der Waals surface area contributed by atoms with Gasteiger partial charge in [0.2, 0.25) is 0 Å². The van der Waals surface area contributed by atoms with Crippen molar-refractivity contribution in [1.82, 2.24) is 0 Å². The van der Waals surface area contributed by atoms with E-state index < -0.39 is 0 Å². The summed E-state index contributed by atoms with van der Waals surface area (Å²) in [5.41, 5.74) is 3.74. The molecule has 0 radical (unpaired) electrons. The Morgan fingerprint density at radius 2 is 1.26 bits per heavy atom. The van der Waals surface area contributed by atoms with Gasteiger partial charge in [-0.25, -0.2) is 0 Å². The summed E-state index contributed by atoms with van der Waals surface area (Å²) >= 11 is 16.0. The third-order valence-corrected chi connectivity index (χ3v) is 9.11. The van der Waals surface area contributed by atoms with Gasteiger partial charge in [0.1, 0.15) is 9.75 Å². The molecule has 35 heavy (non-hydrogen) atoms. The van der Waals surface area contributed by atoms with E-state index in [4.69, 9.17) is 23.2 Å². The molecule has 1 N–H and O–H groups in total. The Bertz CT molecular complexity index is 1600. The Morgan fingerprint density at radius 1 is 0.771 bits per heavy atom. The van der Waals surface area contributed by atoms with Gasteiger partial charge in [-0.2, -0.15) is 0 Å². The van der Waals surface area contributed by atoms with Crippen LogP contribution in [0, 0.1) is 13.8 Å². The number of thiophene rings is 2. The molecule has 5 rings (SSSR count). The monoisotopic (exact) mass is 538 g/mol. The molecule has 0 spiro atoms. The summed E-state index contributed by atoms with van der Waals surface area (Å²) in [7, 11) is 1.74. The molecule has 3 aromatic carbocycles. The van der Waals surface area contributed by atoms with Gasteiger partial charge in [-0.05, 0) is 50.2 Å². The number of carbonyl (C=O) groups is 2. The van der Waals surface area contributed by atoms with Crippen LogP contribution < -0.4 is 10.2 Å². The highest BCUT2D eigenvalue weighted by molar-refractivity contribution is 7.23. The molecule has 2 amide bonds.